The summed E-state index contributed by atoms with van der Waals surface area (Å²) in [6.45, 7) is 2.39. The highest BCUT2D eigenvalue weighted by atomic mass is 14.8. The summed E-state index contributed by atoms with van der Waals surface area (Å²) in [4.78, 5) is 0. The third kappa shape index (κ3) is 2.56. The van der Waals surface area contributed by atoms with Crippen LogP contribution in [0.15, 0.2) is 42.5 Å². The Balaban J connectivity index is 1.85. The molecule has 1 N–H and O–H groups in total. The Kier molecular flexibility index (Phi) is 3.61. The maximum absolute atomic E-state index is 3.50. The van der Waals surface area contributed by atoms with Crippen LogP contribution >= 0.6 is 0 Å². The number of fused-ring (bicyclic) bond motifs is 1. The van der Waals surface area contributed by atoms with Crippen LogP contribution in [0.3, 0.4) is 0 Å². The van der Waals surface area contributed by atoms with Gasteiger partial charge in [-0.25, -0.2) is 0 Å². The molecule has 1 fully saturated rings. The van der Waals surface area contributed by atoms with Gasteiger partial charge in [-0.05, 0) is 61.0 Å². The first-order valence-corrected chi connectivity index (χ1v) is 7.11. The Morgan fingerprint density at radius 3 is 2.83 bits per heavy atom. The minimum absolute atomic E-state index is 0.853. The summed E-state index contributed by atoms with van der Waals surface area (Å²) in [6, 6.07) is 15.5. The molecule has 1 heterocycles. The molecule has 0 bridgehead atoms. The van der Waals surface area contributed by atoms with Gasteiger partial charge in [0.25, 0.3) is 0 Å². The second kappa shape index (κ2) is 5.53. The standard InChI is InChI=1S/C17H21N/c1-2-9-17-15(6-1)7-3-8-16(17)13-14-5-4-11-18-12-10-14/h1-3,6-9,14,18H,4-5,10-13H2. The molecule has 0 saturated carbocycles. The van der Waals surface area contributed by atoms with Crippen LogP contribution in [0.1, 0.15) is 24.8 Å². The van der Waals surface area contributed by atoms with Crippen molar-refractivity contribution in [3.05, 3.63) is 48.0 Å². The lowest BCUT2D eigenvalue weighted by Crippen LogP contribution is -2.14. The van der Waals surface area contributed by atoms with Gasteiger partial charge in [0.05, 0.1) is 0 Å². The summed E-state index contributed by atoms with van der Waals surface area (Å²) in [5.41, 5.74) is 1.53. The van der Waals surface area contributed by atoms with E-state index in [2.05, 4.69) is 47.8 Å². The number of hydrogen-bond donors (Lipinski definition) is 1. The van der Waals surface area contributed by atoms with E-state index in [1.165, 1.54) is 55.1 Å². The monoisotopic (exact) mass is 239 g/mol. The van der Waals surface area contributed by atoms with Gasteiger partial charge >= 0.3 is 0 Å². The molecule has 0 amide bonds. The van der Waals surface area contributed by atoms with E-state index in [0.717, 1.165) is 5.92 Å². The van der Waals surface area contributed by atoms with Crippen molar-refractivity contribution in [1.29, 1.82) is 0 Å². The molecule has 94 valence electrons. The minimum atomic E-state index is 0.853. The largest absolute Gasteiger partial charge is 0.317 e. The Morgan fingerprint density at radius 2 is 1.83 bits per heavy atom. The van der Waals surface area contributed by atoms with Gasteiger partial charge in [0.2, 0.25) is 0 Å². The van der Waals surface area contributed by atoms with Gasteiger partial charge < -0.3 is 5.32 Å². The summed E-state index contributed by atoms with van der Waals surface area (Å²) in [7, 11) is 0. The van der Waals surface area contributed by atoms with Crippen LogP contribution in [-0.2, 0) is 6.42 Å². The molecule has 1 aliphatic rings. The van der Waals surface area contributed by atoms with Crippen molar-refractivity contribution < 1.29 is 0 Å². The molecule has 0 aromatic heterocycles. The van der Waals surface area contributed by atoms with E-state index in [4.69, 9.17) is 0 Å². The van der Waals surface area contributed by atoms with Gasteiger partial charge in [-0.1, -0.05) is 42.5 Å². The molecule has 0 radical (unpaired) electrons. The molecule has 0 aliphatic carbocycles. The van der Waals surface area contributed by atoms with Gasteiger partial charge in [-0.2, -0.15) is 0 Å². The van der Waals surface area contributed by atoms with E-state index in [9.17, 15) is 0 Å². The molecular weight excluding hydrogens is 218 g/mol. The fourth-order valence-electron chi connectivity index (χ4n) is 3.08. The van der Waals surface area contributed by atoms with Gasteiger partial charge in [-0.3, -0.25) is 0 Å². The van der Waals surface area contributed by atoms with Crippen LogP contribution < -0.4 is 5.32 Å². The predicted molar refractivity (Wildman–Crippen MR) is 77.9 cm³/mol. The van der Waals surface area contributed by atoms with Crippen LogP contribution in [0.4, 0.5) is 0 Å². The van der Waals surface area contributed by atoms with Crippen molar-refractivity contribution >= 4 is 10.8 Å². The van der Waals surface area contributed by atoms with Crippen LogP contribution in [0.2, 0.25) is 0 Å². The first-order valence-electron chi connectivity index (χ1n) is 7.11. The first-order chi connectivity index (χ1) is 8.93. The zero-order valence-electron chi connectivity index (χ0n) is 10.9. The third-order valence-electron chi connectivity index (χ3n) is 4.08. The average Bonchev–Trinajstić information content (AvgIpc) is 2.68. The Morgan fingerprint density at radius 1 is 0.944 bits per heavy atom. The Hall–Kier alpha value is -1.34. The molecule has 0 spiro atoms. The van der Waals surface area contributed by atoms with Crippen molar-refractivity contribution in [2.75, 3.05) is 13.1 Å². The Labute approximate surface area is 109 Å². The zero-order valence-corrected chi connectivity index (χ0v) is 10.9. The lowest BCUT2D eigenvalue weighted by molar-refractivity contribution is 0.471. The maximum atomic E-state index is 3.50. The highest BCUT2D eigenvalue weighted by Gasteiger charge is 2.13. The Bertz CT molecular complexity index is 505. The van der Waals surface area contributed by atoms with E-state index in [1.54, 1.807) is 0 Å². The van der Waals surface area contributed by atoms with Gasteiger partial charge in [0.1, 0.15) is 0 Å². The van der Waals surface area contributed by atoms with Gasteiger partial charge in [0, 0.05) is 0 Å². The summed E-state index contributed by atoms with van der Waals surface area (Å²) >= 11 is 0. The molecular formula is C17H21N. The summed E-state index contributed by atoms with van der Waals surface area (Å²) in [5.74, 6) is 0.853. The second-order valence-electron chi connectivity index (χ2n) is 5.39. The smallest absolute Gasteiger partial charge is 0.00462 e. The van der Waals surface area contributed by atoms with E-state index in [0.29, 0.717) is 0 Å². The van der Waals surface area contributed by atoms with Crippen LogP contribution in [0.5, 0.6) is 0 Å². The fourth-order valence-corrected chi connectivity index (χ4v) is 3.08. The summed E-state index contributed by atoms with van der Waals surface area (Å²) in [6.07, 6.45) is 5.26. The number of benzene rings is 2. The normalized spacial score (nSPS) is 20.8. The van der Waals surface area contributed by atoms with E-state index in [-0.39, 0.29) is 0 Å². The fraction of sp³-hybridized carbons (Fsp3) is 0.412. The topological polar surface area (TPSA) is 12.0 Å². The van der Waals surface area contributed by atoms with Crippen molar-refractivity contribution in [3.63, 3.8) is 0 Å². The molecule has 1 nitrogen and oxygen atoms in total. The highest BCUT2D eigenvalue weighted by molar-refractivity contribution is 5.85. The maximum Gasteiger partial charge on any atom is -0.00462 e. The molecule has 2 aromatic rings. The van der Waals surface area contributed by atoms with Gasteiger partial charge in [-0.15, -0.1) is 0 Å². The molecule has 2 aromatic carbocycles. The van der Waals surface area contributed by atoms with E-state index >= 15 is 0 Å². The quantitative estimate of drug-likeness (QED) is 0.841. The second-order valence-corrected chi connectivity index (χ2v) is 5.39. The van der Waals surface area contributed by atoms with Gasteiger partial charge in [0.15, 0.2) is 0 Å². The number of hydrogen-bond acceptors (Lipinski definition) is 1. The highest BCUT2D eigenvalue weighted by Crippen LogP contribution is 2.25. The van der Waals surface area contributed by atoms with Crippen molar-refractivity contribution in [2.45, 2.75) is 25.7 Å². The number of nitrogens with one attached hydrogen (secondary N) is 1. The lowest BCUT2D eigenvalue weighted by Gasteiger charge is -2.15. The molecule has 1 atom stereocenters. The molecule has 1 heteroatoms. The van der Waals surface area contributed by atoms with Crippen molar-refractivity contribution in [3.8, 4) is 0 Å². The van der Waals surface area contributed by atoms with Crippen LogP contribution in [0, 0.1) is 5.92 Å². The van der Waals surface area contributed by atoms with Crippen LogP contribution in [-0.4, -0.2) is 13.1 Å². The van der Waals surface area contributed by atoms with E-state index < -0.39 is 0 Å². The predicted octanol–water partition coefficient (Wildman–Crippen LogP) is 3.77. The first kappa shape index (κ1) is 11.7. The zero-order chi connectivity index (χ0) is 12.2. The average molecular weight is 239 g/mol. The molecule has 1 unspecified atom stereocenters. The van der Waals surface area contributed by atoms with E-state index in [1.807, 2.05) is 0 Å². The SMILES string of the molecule is c1ccc2c(CC3CCCNCC3)cccc2c1. The van der Waals surface area contributed by atoms with Crippen molar-refractivity contribution in [2.24, 2.45) is 5.92 Å². The number of rotatable bonds is 2. The molecule has 1 saturated heterocycles. The molecule has 3 rings (SSSR count). The summed E-state index contributed by atoms with van der Waals surface area (Å²) in [5, 5.41) is 6.32. The third-order valence-corrected chi connectivity index (χ3v) is 4.08. The molecule has 18 heavy (non-hydrogen) atoms. The minimum Gasteiger partial charge on any atom is -0.317 e. The lowest BCUT2D eigenvalue weighted by atomic mass is 9.90. The van der Waals surface area contributed by atoms with Crippen molar-refractivity contribution in [1.82, 2.24) is 5.32 Å². The van der Waals surface area contributed by atoms with Crippen LogP contribution in [0.25, 0.3) is 10.8 Å². The molecule has 1 aliphatic heterocycles. The summed E-state index contributed by atoms with van der Waals surface area (Å²) < 4.78 is 0.